The Balaban J connectivity index is 2.08. The molecule has 0 bridgehead atoms. The molecule has 1 unspecified atom stereocenters. The second-order valence-corrected chi connectivity index (χ2v) is 5.89. The van der Waals surface area contributed by atoms with Crippen molar-refractivity contribution in [3.8, 4) is 0 Å². The van der Waals surface area contributed by atoms with Crippen LogP contribution in [0.1, 0.15) is 16.7 Å². The van der Waals surface area contributed by atoms with Crippen LogP contribution in [0.15, 0.2) is 91.0 Å². The molecule has 0 aliphatic heterocycles. The van der Waals surface area contributed by atoms with E-state index < -0.39 is 0 Å². The van der Waals surface area contributed by atoms with E-state index >= 15 is 0 Å². The second-order valence-electron chi connectivity index (χ2n) is 5.18. The van der Waals surface area contributed by atoms with Crippen LogP contribution in [0.2, 0.25) is 0 Å². The van der Waals surface area contributed by atoms with Gasteiger partial charge in [0.05, 0.1) is 0 Å². The minimum atomic E-state index is 1.22. The summed E-state index contributed by atoms with van der Waals surface area (Å²) in [6.45, 7) is 0. The number of rotatable bonds is 4. The van der Waals surface area contributed by atoms with Gasteiger partial charge in [-0.15, -0.1) is 8.86 Å². The summed E-state index contributed by atoms with van der Waals surface area (Å²) in [7, 11) is 1.95. The van der Waals surface area contributed by atoms with E-state index in [2.05, 4.69) is 97.1 Å². The molecule has 1 atom stereocenters. The number of allylic oxidation sites excluding steroid dienone is 1. The predicted octanol–water partition coefficient (Wildman–Crippen LogP) is 5.06. The molecule has 0 aliphatic rings. The summed E-state index contributed by atoms with van der Waals surface area (Å²) in [4.78, 5) is 0. The molecule has 0 amide bonds. The Labute approximate surface area is 134 Å². The van der Waals surface area contributed by atoms with Crippen molar-refractivity contribution in [1.82, 2.24) is 0 Å². The topological polar surface area (TPSA) is 0 Å². The highest BCUT2D eigenvalue weighted by atomic mass is 31.0. The fourth-order valence-electron chi connectivity index (χ4n) is 2.47. The van der Waals surface area contributed by atoms with E-state index in [0.29, 0.717) is 0 Å². The van der Waals surface area contributed by atoms with Gasteiger partial charge in [0.2, 0.25) is 0 Å². The first-order chi connectivity index (χ1) is 10.8. The van der Waals surface area contributed by atoms with Gasteiger partial charge in [0.25, 0.3) is 0 Å². The lowest BCUT2D eigenvalue weighted by Gasteiger charge is -2.12. The smallest absolute Gasteiger partial charge is 0.0106 e. The third kappa shape index (κ3) is 3.47. The van der Waals surface area contributed by atoms with Crippen LogP contribution in [0.3, 0.4) is 0 Å². The van der Waals surface area contributed by atoms with Crippen molar-refractivity contribution in [3.63, 3.8) is 0 Å². The first-order valence-electron chi connectivity index (χ1n) is 7.41. The third-order valence-corrected chi connectivity index (χ3v) is 4.43. The average Bonchev–Trinajstić information content (AvgIpc) is 2.61. The molecule has 0 N–H and O–H groups in total. The number of benzene rings is 3. The Morgan fingerprint density at radius 3 is 1.59 bits per heavy atom. The number of hydrogen-bond donors (Lipinski definition) is 0. The molecular weight excluding hydrogens is 283 g/mol. The van der Waals surface area contributed by atoms with Crippen LogP contribution in [0.25, 0.3) is 11.6 Å². The van der Waals surface area contributed by atoms with Gasteiger partial charge in [0.15, 0.2) is 0 Å². The Kier molecular flexibility index (Phi) is 4.73. The fourth-order valence-corrected chi connectivity index (χ4v) is 3.02. The van der Waals surface area contributed by atoms with Crippen LogP contribution in [0.5, 0.6) is 0 Å². The van der Waals surface area contributed by atoms with Gasteiger partial charge in [0, 0.05) is 0 Å². The van der Waals surface area contributed by atoms with Crippen LogP contribution in [-0.4, -0.2) is 5.29 Å². The standard InChI is InChI=1S/C21H19P/c22-21(19-14-8-3-9-15-19)20(18-12-6-2-7-13-18)16-17-10-4-1-5-11-17/h1-16H,22H3. The molecule has 1 heteroatoms. The summed E-state index contributed by atoms with van der Waals surface area (Å²) in [6, 6.07) is 31.7. The van der Waals surface area contributed by atoms with Gasteiger partial charge in [0.1, 0.15) is 0 Å². The molecule has 108 valence electrons. The maximum absolute atomic E-state index is 2.27. The van der Waals surface area contributed by atoms with Crippen LogP contribution in [0.4, 0.5) is 0 Å². The van der Waals surface area contributed by atoms with E-state index in [1.807, 2.05) is 8.86 Å². The van der Waals surface area contributed by atoms with Crippen molar-refractivity contribution in [3.05, 3.63) is 108 Å². The lowest BCUT2D eigenvalue weighted by atomic mass is 9.96. The molecule has 3 aromatic carbocycles. The largest absolute Gasteiger partial charge is 0.134 e. The summed E-state index contributed by atoms with van der Waals surface area (Å²) < 4.78 is 0. The molecular formula is C21H19P. The highest BCUT2D eigenvalue weighted by Gasteiger charge is 2.08. The molecule has 0 aromatic heterocycles. The summed E-state index contributed by atoms with van der Waals surface area (Å²) in [5, 5.41) is 1.32. The van der Waals surface area contributed by atoms with Crippen molar-refractivity contribution in [2.24, 2.45) is 0 Å². The molecule has 0 saturated carbocycles. The fraction of sp³-hybridized carbons (Fsp3) is 0. The molecule has 0 radical (unpaired) electrons. The van der Waals surface area contributed by atoms with E-state index in [-0.39, 0.29) is 0 Å². The van der Waals surface area contributed by atoms with Gasteiger partial charge in [-0.05, 0) is 33.6 Å². The van der Waals surface area contributed by atoms with Crippen LogP contribution < -0.4 is 0 Å². The zero-order valence-corrected chi connectivity index (χ0v) is 13.9. The Hall–Kier alpha value is -2.30. The molecule has 0 heterocycles. The highest BCUT2D eigenvalue weighted by molar-refractivity contribution is 7.25. The van der Waals surface area contributed by atoms with Gasteiger partial charge in [-0.2, -0.15) is 0 Å². The quantitative estimate of drug-likeness (QED) is 0.467. The normalized spacial score (nSPS) is 11.4. The molecule has 0 nitrogen and oxygen atoms in total. The minimum Gasteiger partial charge on any atom is -0.134 e. The van der Waals surface area contributed by atoms with Gasteiger partial charge in [-0.25, -0.2) is 0 Å². The molecule has 22 heavy (non-hydrogen) atoms. The van der Waals surface area contributed by atoms with E-state index in [4.69, 9.17) is 0 Å². The first-order valence-corrected chi connectivity index (χ1v) is 8.12. The van der Waals surface area contributed by atoms with Crippen molar-refractivity contribution in [2.45, 2.75) is 0 Å². The zero-order chi connectivity index (χ0) is 15.2. The number of hydrogen-bond acceptors (Lipinski definition) is 0. The lowest BCUT2D eigenvalue weighted by Crippen LogP contribution is -2.00. The summed E-state index contributed by atoms with van der Waals surface area (Å²) in [5.41, 5.74) is 5.02. The van der Waals surface area contributed by atoms with E-state index in [1.54, 1.807) is 0 Å². The molecule has 0 fully saturated rings. The van der Waals surface area contributed by atoms with E-state index in [0.717, 1.165) is 0 Å². The average molecular weight is 302 g/mol. The zero-order valence-electron chi connectivity index (χ0n) is 12.4. The monoisotopic (exact) mass is 302 g/mol. The predicted molar refractivity (Wildman–Crippen MR) is 102 cm³/mol. The van der Waals surface area contributed by atoms with Crippen molar-refractivity contribution in [2.75, 3.05) is 0 Å². The molecule has 0 aliphatic carbocycles. The van der Waals surface area contributed by atoms with Crippen molar-refractivity contribution in [1.29, 1.82) is 0 Å². The summed E-state index contributed by atoms with van der Waals surface area (Å²) >= 11 is 0. The Morgan fingerprint density at radius 2 is 1.05 bits per heavy atom. The maximum atomic E-state index is 2.27. The van der Waals surface area contributed by atoms with E-state index in [9.17, 15) is 0 Å². The highest BCUT2D eigenvalue weighted by Crippen LogP contribution is 2.24. The SMILES string of the molecule is [PH3]=C(C(=Cc1ccccc1)c1ccccc1)c1ccccc1. The van der Waals surface area contributed by atoms with Gasteiger partial charge >= 0.3 is 0 Å². The molecule has 3 rings (SSSR count). The summed E-state index contributed by atoms with van der Waals surface area (Å²) in [6.07, 6.45) is 2.27. The Bertz CT molecular complexity index is 772. The minimum absolute atomic E-state index is 1.22. The maximum Gasteiger partial charge on any atom is -0.0106 e. The van der Waals surface area contributed by atoms with Gasteiger partial charge in [-0.1, -0.05) is 91.0 Å². The van der Waals surface area contributed by atoms with Crippen LogP contribution in [-0.2, 0) is 0 Å². The first kappa shape index (κ1) is 14.6. The lowest BCUT2D eigenvalue weighted by molar-refractivity contribution is 1.62. The summed E-state index contributed by atoms with van der Waals surface area (Å²) in [5.74, 6) is 0. The second kappa shape index (κ2) is 7.11. The van der Waals surface area contributed by atoms with Gasteiger partial charge < -0.3 is 0 Å². The molecule has 0 spiro atoms. The van der Waals surface area contributed by atoms with Crippen LogP contribution in [0, 0.1) is 0 Å². The van der Waals surface area contributed by atoms with Gasteiger partial charge in [-0.3, -0.25) is 0 Å². The molecule has 3 aromatic rings. The van der Waals surface area contributed by atoms with Crippen molar-refractivity contribution >= 4 is 25.8 Å². The Morgan fingerprint density at radius 1 is 0.591 bits per heavy atom. The van der Waals surface area contributed by atoms with Crippen LogP contribution >= 0.6 is 8.86 Å². The third-order valence-electron chi connectivity index (χ3n) is 3.64. The molecule has 0 saturated heterocycles. The van der Waals surface area contributed by atoms with Crippen molar-refractivity contribution < 1.29 is 0 Å². The van der Waals surface area contributed by atoms with E-state index in [1.165, 1.54) is 27.6 Å².